The summed E-state index contributed by atoms with van der Waals surface area (Å²) in [5.41, 5.74) is 1.09. The maximum Gasteiger partial charge on any atom is 0.282 e. The van der Waals surface area contributed by atoms with E-state index in [0.717, 1.165) is 18.4 Å². The van der Waals surface area contributed by atoms with E-state index < -0.39 is 10.2 Å². The molecule has 5 nitrogen and oxygen atoms in total. The number of nitrogens with zero attached hydrogens (tertiary/aromatic N) is 2. The summed E-state index contributed by atoms with van der Waals surface area (Å²) in [6, 6.07) is 9.89. The predicted octanol–water partition coefficient (Wildman–Crippen LogP) is 1.40. The van der Waals surface area contributed by atoms with Gasteiger partial charge < -0.3 is 4.74 Å². The van der Waals surface area contributed by atoms with Crippen LogP contribution in [0.5, 0.6) is 0 Å². The predicted molar refractivity (Wildman–Crippen MR) is 76.4 cm³/mol. The summed E-state index contributed by atoms with van der Waals surface area (Å²) in [7, 11) is -3.37. The Morgan fingerprint density at radius 1 is 1.05 bits per heavy atom. The second-order valence-electron chi connectivity index (χ2n) is 5.20. The molecule has 1 atom stereocenters. The van der Waals surface area contributed by atoms with Crippen molar-refractivity contribution < 1.29 is 13.2 Å². The highest BCUT2D eigenvalue weighted by molar-refractivity contribution is 7.86. The number of hydrogen-bond donors (Lipinski definition) is 0. The molecule has 0 unspecified atom stereocenters. The fourth-order valence-corrected chi connectivity index (χ4v) is 4.77. The first-order chi connectivity index (χ1) is 9.69. The van der Waals surface area contributed by atoms with Crippen LogP contribution in [0.3, 0.4) is 0 Å². The third-order valence-electron chi connectivity index (χ3n) is 3.98. The Bertz CT molecular complexity index is 541. The van der Waals surface area contributed by atoms with E-state index in [-0.39, 0.29) is 6.04 Å². The maximum absolute atomic E-state index is 12.8. The topological polar surface area (TPSA) is 49.9 Å². The van der Waals surface area contributed by atoms with Gasteiger partial charge in [-0.25, -0.2) is 0 Å². The van der Waals surface area contributed by atoms with Crippen LogP contribution in [0, 0.1) is 0 Å². The lowest BCUT2D eigenvalue weighted by atomic mass is 10.1. The van der Waals surface area contributed by atoms with Crippen LogP contribution in [-0.4, -0.2) is 49.9 Å². The number of ether oxygens (including phenoxy) is 1. The van der Waals surface area contributed by atoms with Crippen molar-refractivity contribution >= 4 is 10.2 Å². The zero-order valence-electron chi connectivity index (χ0n) is 11.4. The minimum Gasteiger partial charge on any atom is -0.379 e. The maximum atomic E-state index is 12.8. The van der Waals surface area contributed by atoms with Crippen LogP contribution >= 0.6 is 0 Å². The van der Waals surface area contributed by atoms with Gasteiger partial charge in [-0.15, -0.1) is 0 Å². The van der Waals surface area contributed by atoms with Gasteiger partial charge in [0.1, 0.15) is 0 Å². The van der Waals surface area contributed by atoms with Gasteiger partial charge in [-0.3, -0.25) is 0 Å². The number of benzene rings is 1. The second-order valence-corrected chi connectivity index (χ2v) is 7.08. The Morgan fingerprint density at radius 3 is 2.45 bits per heavy atom. The Hall–Kier alpha value is -0.950. The van der Waals surface area contributed by atoms with Crippen molar-refractivity contribution in [1.29, 1.82) is 0 Å². The summed E-state index contributed by atoms with van der Waals surface area (Å²) in [6.45, 7) is 2.51. The lowest BCUT2D eigenvalue weighted by molar-refractivity contribution is 0.0699. The SMILES string of the molecule is O=S(=O)(N1CCOCC1)N1CCC[C@H]1c1ccccc1. The molecular weight excluding hydrogens is 276 g/mol. The van der Waals surface area contributed by atoms with Crippen molar-refractivity contribution in [1.82, 2.24) is 8.61 Å². The first-order valence-corrected chi connectivity index (χ1v) is 8.49. The third-order valence-corrected chi connectivity index (χ3v) is 6.03. The molecule has 0 aliphatic carbocycles. The summed E-state index contributed by atoms with van der Waals surface area (Å²) in [5, 5.41) is 0. The highest BCUT2D eigenvalue weighted by Crippen LogP contribution is 2.35. The highest BCUT2D eigenvalue weighted by atomic mass is 32.2. The summed E-state index contributed by atoms with van der Waals surface area (Å²) < 4.78 is 34.0. The van der Waals surface area contributed by atoms with Crippen molar-refractivity contribution in [2.24, 2.45) is 0 Å². The number of morpholine rings is 1. The van der Waals surface area contributed by atoms with Crippen molar-refractivity contribution in [3.8, 4) is 0 Å². The van der Waals surface area contributed by atoms with Gasteiger partial charge >= 0.3 is 0 Å². The molecule has 1 aromatic carbocycles. The van der Waals surface area contributed by atoms with E-state index in [4.69, 9.17) is 4.74 Å². The number of rotatable bonds is 3. The molecule has 3 rings (SSSR count). The van der Waals surface area contributed by atoms with E-state index in [9.17, 15) is 8.42 Å². The van der Waals surface area contributed by atoms with Crippen molar-refractivity contribution in [3.05, 3.63) is 35.9 Å². The standard InChI is InChI=1S/C14H20N2O3S/c17-20(18,15-9-11-19-12-10-15)16-8-4-7-14(16)13-5-2-1-3-6-13/h1-3,5-6,14H,4,7-12H2/t14-/m0/s1. The average molecular weight is 296 g/mol. The van der Waals surface area contributed by atoms with Gasteiger partial charge in [-0.1, -0.05) is 30.3 Å². The van der Waals surface area contributed by atoms with Gasteiger partial charge in [0.05, 0.1) is 19.3 Å². The zero-order chi connectivity index (χ0) is 14.0. The fraction of sp³-hybridized carbons (Fsp3) is 0.571. The summed E-state index contributed by atoms with van der Waals surface area (Å²) in [5.74, 6) is 0. The first-order valence-electron chi connectivity index (χ1n) is 7.09. The molecule has 0 spiro atoms. The Kier molecular flexibility index (Phi) is 4.07. The molecular formula is C14H20N2O3S. The van der Waals surface area contributed by atoms with Gasteiger partial charge in [0.2, 0.25) is 0 Å². The van der Waals surface area contributed by atoms with Gasteiger partial charge in [0.25, 0.3) is 10.2 Å². The first kappa shape index (κ1) is 14.0. The van der Waals surface area contributed by atoms with Crippen LogP contribution in [0.2, 0.25) is 0 Å². The molecule has 6 heteroatoms. The van der Waals surface area contributed by atoms with Crippen LogP contribution in [0.25, 0.3) is 0 Å². The van der Waals surface area contributed by atoms with Crippen LogP contribution in [0.1, 0.15) is 24.4 Å². The Labute approximate surface area is 120 Å². The normalized spacial score (nSPS) is 25.9. The molecule has 20 heavy (non-hydrogen) atoms. The molecule has 1 aromatic rings. The van der Waals surface area contributed by atoms with Gasteiger partial charge in [-0.05, 0) is 18.4 Å². The van der Waals surface area contributed by atoms with Crippen LogP contribution in [0.4, 0.5) is 0 Å². The molecule has 0 bridgehead atoms. The second kappa shape index (κ2) is 5.81. The van der Waals surface area contributed by atoms with Gasteiger partial charge in [-0.2, -0.15) is 17.0 Å². The third kappa shape index (κ3) is 2.61. The Balaban J connectivity index is 1.84. The molecule has 0 amide bonds. The molecule has 0 N–H and O–H groups in total. The Morgan fingerprint density at radius 2 is 1.75 bits per heavy atom. The van der Waals surface area contributed by atoms with E-state index in [0.29, 0.717) is 32.8 Å². The average Bonchev–Trinajstić information content (AvgIpc) is 2.99. The van der Waals surface area contributed by atoms with Crippen molar-refractivity contribution in [2.45, 2.75) is 18.9 Å². The van der Waals surface area contributed by atoms with Crippen LogP contribution < -0.4 is 0 Å². The molecule has 0 saturated carbocycles. The molecule has 0 aromatic heterocycles. The van der Waals surface area contributed by atoms with Crippen LogP contribution in [-0.2, 0) is 14.9 Å². The molecule has 2 aliphatic rings. The van der Waals surface area contributed by atoms with E-state index in [2.05, 4.69) is 0 Å². The smallest absolute Gasteiger partial charge is 0.282 e. The lowest BCUT2D eigenvalue weighted by Crippen LogP contribution is -2.48. The van der Waals surface area contributed by atoms with E-state index in [1.165, 1.54) is 0 Å². The van der Waals surface area contributed by atoms with E-state index in [1.807, 2.05) is 30.3 Å². The largest absolute Gasteiger partial charge is 0.379 e. The van der Waals surface area contributed by atoms with Crippen molar-refractivity contribution in [3.63, 3.8) is 0 Å². The molecule has 2 fully saturated rings. The zero-order valence-corrected chi connectivity index (χ0v) is 12.3. The minimum absolute atomic E-state index is 0.0240. The monoisotopic (exact) mass is 296 g/mol. The highest BCUT2D eigenvalue weighted by Gasteiger charge is 2.39. The molecule has 110 valence electrons. The summed E-state index contributed by atoms with van der Waals surface area (Å²) in [4.78, 5) is 0. The van der Waals surface area contributed by atoms with Gasteiger partial charge in [0, 0.05) is 19.6 Å². The summed E-state index contributed by atoms with van der Waals surface area (Å²) in [6.07, 6.45) is 1.82. The molecule has 0 radical (unpaired) electrons. The molecule has 2 heterocycles. The quantitative estimate of drug-likeness (QED) is 0.847. The summed E-state index contributed by atoms with van der Waals surface area (Å²) >= 11 is 0. The van der Waals surface area contributed by atoms with Crippen LogP contribution in [0.15, 0.2) is 30.3 Å². The van der Waals surface area contributed by atoms with E-state index in [1.54, 1.807) is 8.61 Å². The fourth-order valence-electron chi connectivity index (χ4n) is 2.95. The van der Waals surface area contributed by atoms with E-state index >= 15 is 0 Å². The lowest BCUT2D eigenvalue weighted by Gasteiger charge is -2.33. The molecule has 2 aliphatic heterocycles. The molecule has 2 saturated heterocycles. The minimum atomic E-state index is -3.37. The van der Waals surface area contributed by atoms with Crippen molar-refractivity contribution in [2.75, 3.05) is 32.8 Å². The number of hydrogen-bond acceptors (Lipinski definition) is 3. The van der Waals surface area contributed by atoms with Gasteiger partial charge in [0.15, 0.2) is 0 Å².